The number of rotatable bonds is 3. The molecule has 3 aromatic rings. The summed E-state index contributed by atoms with van der Waals surface area (Å²) in [6.45, 7) is 1.07. The van der Waals surface area contributed by atoms with Crippen molar-refractivity contribution in [3.63, 3.8) is 0 Å². The van der Waals surface area contributed by atoms with E-state index in [1.165, 1.54) is 0 Å². The van der Waals surface area contributed by atoms with Gasteiger partial charge in [-0.2, -0.15) is 0 Å². The number of nitrogens with zero attached hydrogens (tertiary/aromatic N) is 2. The Bertz CT molecular complexity index is 939. The molecule has 0 saturated heterocycles. The van der Waals surface area contributed by atoms with Gasteiger partial charge >= 0.3 is 0 Å². The monoisotopic (exact) mass is 367 g/mol. The fourth-order valence-corrected chi connectivity index (χ4v) is 3.66. The highest BCUT2D eigenvalue weighted by Gasteiger charge is 2.31. The number of imidazole rings is 1. The molecule has 1 aromatic heterocycles. The van der Waals surface area contributed by atoms with E-state index in [1.807, 2.05) is 23.1 Å². The number of carbonyl (C=O) groups is 1. The molecule has 4 rings (SSSR count). The Labute approximate surface area is 156 Å². The number of halogens is 1. The van der Waals surface area contributed by atoms with Crippen molar-refractivity contribution in [3.05, 3.63) is 82.4 Å². The lowest BCUT2D eigenvalue weighted by molar-refractivity contribution is 0.0722. The van der Waals surface area contributed by atoms with Crippen LogP contribution in [0.5, 0.6) is 5.75 Å². The van der Waals surface area contributed by atoms with Gasteiger partial charge in [-0.1, -0.05) is 41.9 Å². The van der Waals surface area contributed by atoms with E-state index in [-0.39, 0.29) is 11.8 Å². The average Bonchev–Trinajstić information content (AvgIpc) is 3.16. The molecule has 0 spiro atoms. The molecule has 1 unspecified atom stereocenters. The van der Waals surface area contributed by atoms with Gasteiger partial charge in [-0.3, -0.25) is 4.79 Å². The number of aromatic amines is 1. The van der Waals surface area contributed by atoms with Gasteiger partial charge in [-0.25, -0.2) is 4.98 Å². The van der Waals surface area contributed by atoms with Crippen molar-refractivity contribution in [2.24, 2.45) is 0 Å². The molecule has 0 saturated carbocycles. The van der Waals surface area contributed by atoms with Gasteiger partial charge < -0.3 is 14.6 Å². The second-order valence-electron chi connectivity index (χ2n) is 6.26. The predicted octanol–water partition coefficient (Wildman–Crippen LogP) is 3.86. The number of hydrogen-bond acceptors (Lipinski definition) is 3. The summed E-state index contributed by atoms with van der Waals surface area (Å²) < 4.78 is 5.17. The standard InChI is InChI=1S/C20H18ClN3O2/c1-26-18-8-7-14(9-16(18)21)20(25)24-10-15(13-5-3-2-4-6-13)19-17(11-24)22-12-23-19/h2-9,12,15H,10-11H2,1H3,(H,22,23). The largest absolute Gasteiger partial charge is 0.495 e. The van der Waals surface area contributed by atoms with E-state index in [0.29, 0.717) is 29.4 Å². The summed E-state index contributed by atoms with van der Waals surface area (Å²) in [5.41, 5.74) is 3.67. The molecule has 1 aliphatic heterocycles. The Hall–Kier alpha value is -2.79. The first kappa shape index (κ1) is 16.7. The molecule has 0 bridgehead atoms. The predicted molar refractivity (Wildman–Crippen MR) is 99.6 cm³/mol. The third-order valence-electron chi connectivity index (χ3n) is 4.72. The highest BCUT2D eigenvalue weighted by atomic mass is 35.5. The molecule has 26 heavy (non-hydrogen) atoms. The highest BCUT2D eigenvalue weighted by Crippen LogP contribution is 2.33. The third kappa shape index (κ3) is 2.95. The minimum atomic E-state index is -0.0595. The van der Waals surface area contributed by atoms with Gasteiger partial charge in [0.2, 0.25) is 0 Å². The van der Waals surface area contributed by atoms with Crippen molar-refractivity contribution >= 4 is 17.5 Å². The van der Waals surface area contributed by atoms with Gasteiger partial charge in [-0.15, -0.1) is 0 Å². The Morgan fingerprint density at radius 1 is 1.27 bits per heavy atom. The summed E-state index contributed by atoms with van der Waals surface area (Å²) in [5, 5.41) is 0.428. The van der Waals surface area contributed by atoms with E-state index in [2.05, 4.69) is 22.1 Å². The maximum Gasteiger partial charge on any atom is 0.254 e. The second-order valence-corrected chi connectivity index (χ2v) is 6.67. The molecule has 2 heterocycles. The zero-order valence-corrected chi connectivity index (χ0v) is 15.0. The highest BCUT2D eigenvalue weighted by molar-refractivity contribution is 6.32. The molecule has 132 valence electrons. The van der Waals surface area contributed by atoms with Crippen LogP contribution in [0.15, 0.2) is 54.9 Å². The van der Waals surface area contributed by atoms with E-state index in [1.54, 1.807) is 31.6 Å². The summed E-state index contributed by atoms with van der Waals surface area (Å²) in [4.78, 5) is 22.5. The molecule has 0 fully saturated rings. The molecular formula is C20H18ClN3O2. The smallest absolute Gasteiger partial charge is 0.254 e. The van der Waals surface area contributed by atoms with Gasteiger partial charge in [0.25, 0.3) is 5.91 Å². The molecule has 2 aromatic carbocycles. The number of ether oxygens (including phenoxy) is 1. The van der Waals surface area contributed by atoms with Crippen molar-refractivity contribution in [2.75, 3.05) is 13.7 Å². The Morgan fingerprint density at radius 3 is 2.81 bits per heavy atom. The molecular weight excluding hydrogens is 350 g/mol. The van der Waals surface area contributed by atoms with Crippen LogP contribution in [-0.2, 0) is 6.54 Å². The third-order valence-corrected chi connectivity index (χ3v) is 5.02. The Kier molecular flexibility index (Phi) is 4.39. The lowest BCUT2D eigenvalue weighted by Gasteiger charge is -2.32. The lowest BCUT2D eigenvalue weighted by atomic mass is 9.90. The number of methoxy groups -OCH3 is 1. The van der Waals surface area contributed by atoms with Crippen LogP contribution in [0.4, 0.5) is 0 Å². The number of carbonyl (C=O) groups excluding carboxylic acids is 1. The second kappa shape index (κ2) is 6.84. The van der Waals surface area contributed by atoms with Crippen LogP contribution in [0, 0.1) is 0 Å². The number of H-pyrrole nitrogens is 1. The summed E-state index contributed by atoms with van der Waals surface area (Å²) in [7, 11) is 1.55. The molecule has 6 heteroatoms. The maximum absolute atomic E-state index is 13.1. The van der Waals surface area contributed by atoms with E-state index < -0.39 is 0 Å². The average molecular weight is 368 g/mol. The van der Waals surface area contributed by atoms with E-state index in [4.69, 9.17) is 16.3 Å². The van der Waals surface area contributed by atoms with Crippen molar-refractivity contribution in [1.29, 1.82) is 0 Å². The van der Waals surface area contributed by atoms with E-state index >= 15 is 0 Å². The molecule has 1 atom stereocenters. The minimum Gasteiger partial charge on any atom is -0.495 e. The molecule has 1 amide bonds. The Balaban J connectivity index is 1.66. The van der Waals surface area contributed by atoms with Gasteiger partial charge in [0, 0.05) is 18.0 Å². The van der Waals surface area contributed by atoms with E-state index in [0.717, 1.165) is 17.0 Å². The van der Waals surface area contributed by atoms with Crippen LogP contribution >= 0.6 is 11.6 Å². The topological polar surface area (TPSA) is 58.2 Å². The summed E-state index contributed by atoms with van der Waals surface area (Å²) in [5.74, 6) is 0.541. The summed E-state index contributed by atoms with van der Waals surface area (Å²) in [6.07, 6.45) is 1.69. The number of benzene rings is 2. The SMILES string of the molecule is COc1ccc(C(=O)N2Cc3[nH]cnc3C(c3ccccc3)C2)cc1Cl. The van der Waals surface area contributed by atoms with Crippen LogP contribution in [0.2, 0.25) is 5.02 Å². The normalized spacial score (nSPS) is 16.2. The molecule has 0 radical (unpaired) electrons. The van der Waals surface area contributed by atoms with Crippen molar-refractivity contribution in [1.82, 2.24) is 14.9 Å². The van der Waals surface area contributed by atoms with Crippen LogP contribution < -0.4 is 4.74 Å². The first-order chi connectivity index (χ1) is 12.7. The first-order valence-electron chi connectivity index (χ1n) is 8.37. The van der Waals surface area contributed by atoms with Gasteiger partial charge in [0.15, 0.2) is 0 Å². The van der Waals surface area contributed by atoms with Crippen molar-refractivity contribution in [2.45, 2.75) is 12.5 Å². The first-order valence-corrected chi connectivity index (χ1v) is 8.75. The van der Waals surface area contributed by atoms with Crippen molar-refractivity contribution < 1.29 is 9.53 Å². The molecule has 1 N–H and O–H groups in total. The van der Waals surface area contributed by atoms with Crippen LogP contribution in [-0.4, -0.2) is 34.4 Å². The minimum absolute atomic E-state index is 0.0453. The van der Waals surface area contributed by atoms with Gasteiger partial charge in [-0.05, 0) is 23.8 Å². The fraction of sp³-hybridized carbons (Fsp3) is 0.200. The molecule has 1 aliphatic rings. The van der Waals surface area contributed by atoms with Crippen LogP contribution in [0.25, 0.3) is 0 Å². The van der Waals surface area contributed by atoms with Gasteiger partial charge in [0.05, 0.1) is 36.4 Å². The number of aromatic nitrogens is 2. The lowest BCUT2D eigenvalue weighted by Crippen LogP contribution is -2.38. The Morgan fingerprint density at radius 2 is 2.08 bits per heavy atom. The zero-order valence-electron chi connectivity index (χ0n) is 14.3. The number of fused-ring (bicyclic) bond motifs is 1. The quantitative estimate of drug-likeness (QED) is 0.764. The van der Waals surface area contributed by atoms with Gasteiger partial charge in [0.1, 0.15) is 5.75 Å². The van der Waals surface area contributed by atoms with E-state index in [9.17, 15) is 4.79 Å². The van der Waals surface area contributed by atoms with Crippen LogP contribution in [0.1, 0.15) is 33.2 Å². The van der Waals surface area contributed by atoms with Crippen molar-refractivity contribution in [3.8, 4) is 5.75 Å². The zero-order chi connectivity index (χ0) is 18.1. The van der Waals surface area contributed by atoms with Crippen LogP contribution in [0.3, 0.4) is 0 Å². The fourth-order valence-electron chi connectivity index (χ4n) is 3.41. The maximum atomic E-state index is 13.1. The summed E-state index contributed by atoms with van der Waals surface area (Å²) >= 11 is 6.19. The summed E-state index contributed by atoms with van der Waals surface area (Å²) in [6, 6.07) is 15.3. The molecule has 5 nitrogen and oxygen atoms in total. The number of amides is 1. The number of hydrogen-bond donors (Lipinski definition) is 1. The number of nitrogens with one attached hydrogen (secondary N) is 1. The molecule has 0 aliphatic carbocycles.